The molecule has 0 aliphatic heterocycles. The Balaban J connectivity index is 3.33. The van der Waals surface area contributed by atoms with Gasteiger partial charge < -0.3 is 0 Å². The lowest BCUT2D eigenvalue weighted by molar-refractivity contribution is 0.308. The van der Waals surface area contributed by atoms with Crippen molar-refractivity contribution in [1.82, 2.24) is 11.0 Å². The molecule has 0 aromatic heterocycles. The summed E-state index contributed by atoms with van der Waals surface area (Å²) >= 11 is 0. The van der Waals surface area contributed by atoms with Crippen molar-refractivity contribution in [3.05, 3.63) is 0 Å². The molecule has 0 aliphatic carbocycles. The number of hydrogen-bond donors (Lipinski definition) is 3. The fourth-order valence-electron chi connectivity index (χ4n) is 0.415. The van der Waals surface area contributed by atoms with Crippen LogP contribution in [0.3, 0.4) is 0 Å². The normalized spacial score (nSPS) is 12.0. The predicted octanol–water partition coefficient (Wildman–Crippen LogP) is 0.391. The van der Waals surface area contributed by atoms with Gasteiger partial charge in [0.15, 0.2) is 0 Å². The molecule has 0 atom stereocenters. The molecular formula is C6H17N3. The third-order valence-electron chi connectivity index (χ3n) is 1.63. The van der Waals surface area contributed by atoms with Crippen molar-refractivity contribution in [3.63, 3.8) is 0 Å². The van der Waals surface area contributed by atoms with Crippen LogP contribution in [0.2, 0.25) is 0 Å². The molecule has 4 N–H and O–H groups in total. The smallest absolute Gasteiger partial charge is 0.0164 e. The SMILES string of the molecule is CCC(C)(C)CNNN. The van der Waals surface area contributed by atoms with E-state index in [0.717, 1.165) is 13.0 Å². The third kappa shape index (κ3) is 4.39. The molecule has 0 fully saturated rings. The highest BCUT2D eigenvalue weighted by Gasteiger charge is 2.12. The molecule has 3 heteroatoms. The Hall–Kier alpha value is -0.120. The summed E-state index contributed by atoms with van der Waals surface area (Å²) in [6, 6.07) is 0. The van der Waals surface area contributed by atoms with Gasteiger partial charge in [-0.05, 0) is 11.8 Å². The van der Waals surface area contributed by atoms with Gasteiger partial charge in [0.2, 0.25) is 0 Å². The van der Waals surface area contributed by atoms with Crippen molar-refractivity contribution in [1.29, 1.82) is 0 Å². The van der Waals surface area contributed by atoms with Crippen molar-refractivity contribution in [2.24, 2.45) is 11.3 Å². The van der Waals surface area contributed by atoms with Gasteiger partial charge in [0.05, 0.1) is 0 Å². The van der Waals surface area contributed by atoms with E-state index < -0.39 is 0 Å². The minimum atomic E-state index is 0.340. The van der Waals surface area contributed by atoms with E-state index >= 15 is 0 Å². The molecule has 0 aliphatic rings. The molecular weight excluding hydrogens is 114 g/mol. The molecule has 0 aromatic rings. The van der Waals surface area contributed by atoms with Crippen LogP contribution < -0.4 is 16.8 Å². The number of nitrogens with two attached hydrogens (primary N) is 1. The Morgan fingerprint density at radius 2 is 2.00 bits per heavy atom. The molecule has 0 spiro atoms. The zero-order valence-electron chi connectivity index (χ0n) is 6.49. The Bertz CT molecular complexity index is 70.7. The largest absolute Gasteiger partial charge is 0.258 e. The first-order valence-corrected chi connectivity index (χ1v) is 3.31. The fourth-order valence-corrected chi connectivity index (χ4v) is 0.415. The Morgan fingerprint density at radius 3 is 2.33 bits per heavy atom. The zero-order chi connectivity index (χ0) is 7.33. The van der Waals surface area contributed by atoms with Gasteiger partial charge in [-0.3, -0.25) is 5.84 Å². The van der Waals surface area contributed by atoms with E-state index in [0.29, 0.717) is 5.41 Å². The summed E-state index contributed by atoms with van der Waals surface area (Å²) in [4.78, 5) is 0. The predicted molar refractivity (Wildman–Crippen MR) is 39.4 cm³/mol. The maximum absolute atomic E-state index is 5.03. The maximum atomic E-state index is 5.03. The highest BCUT2D eigenvalue weighted by Crippen LogP contribution is 2.16. The summed E-state index contributed by atoms with van der Waals surface area (Å²) in [6.45, 7) is 7.45. The van der Waals surface area contributed by atoms with Crippen molar-refractivity contribution >= 4 is 0 Å². The van der Waals surface area contributed by atoms with Crippen LogP contribution in [-0.2, 0) is 0 Å². The Kier molecular flexibility index (Phi) is 3.77. The lowest BCUT2D eigenvalue weighted by atomic mass is 9.91. The molecule has 9 heavy (non-hydrogen) atoms. The molecule has 0 saturated carbocycles. The second-order valence-corrected chi connectivity index (χ2v) is 3.02. The summed E-state index contributed by atoms with van der Waals surface area (Å²) < 4.78 is 0. The third-order valence-corrected chi connectivity index (χ3v) is 1.63. The highest BCUT2D eigenvalue weighted by molar-refractivity contribution is 4.66. The maximum Gasteiger partial charge on any atom is 0.0164 e. The van der Waals surface area contributed by atoms with E-state index in [1.165, 1.54) is 0 Å². The zero-order valence-corrected chi connectivity index (χ0v) is 6.49. The van der Waals surface area contributed by atoms with Crippen LogP contribution in [0.1, 0.15) is 27.2 Å². The van der Waals surface area contributed by atoms with E-state index in [1.54, 1.807) is 0 Å². The number of hydrazine groups is 2. The van der Waals surface area contributed by atoms with Crippen molar-refractivity contribution in [2.45, 2.75) is 27.2 Å². The summed E-state index contributed by atoms with van der Waals surface area (Å²) in [5, 5.41) is 0. The van der Waals surface area contributed by atoms with Gasteiger partial charge in [0.25, 0.3) is 0 Å². The van der Waals surface area contributed by atoms with Crippen molar-refractivity contribution in [2.75, 3.05) is 6.54 Å². The van der Waals surface area contributed by atoms with Gasteiger partial charge in [-0.1, -0.05) is 20.8 Å². The number of hydrogen-bond acceptors (Lipinski definition) is 3. The van der Waals surface area contributed by atoms with Crippen LogP contribution in [0.15, 0.2) is 0 Å². The molecule has 3 nitrogen and oxygen atoms in total. The lowest BCUT2D eigenvalue weighted by Gasteiger charge is -2.22. The molecule has 0 radical (unpaired) electrons. The van der Waals surface area contributed by atoms with Gasteiger partial charge in [-0.2, -0.15) is 5.53 Å². The number of nitrogens with one attached hydrogen (secondary N) is 2. The summed E-state index contributed by atoms with van der Waals surface area (Å²) in [5.74, 6) is 5.03. The molecule has 0 saturated heterocycles. The van der Waals surface area contributed by atoms with Crippen LogP contribution in [0.5, 0.6) is 0 Å². The first-order valence-electron chi connectivity index (χ1n) is 3.31. The summed E-state index contributed by atoms with van der Waals surface area (Å²) in [6.07, 6.45) is 1.15. The van der Waals surface area contributed by atoms with Gasteiger partial charge >= 0.3 is 0 Å². The lowest BCUT2D eigenvalue weighted by Crippen LogP contribution is -2.43. The average molecular weight is 131 g/mol. The Morgan fingerprint density at radius 1 is 1.44 bits per heavy atom. The molecule has 0 aromatic carbocycles. The van der Waals surface area contributed by atoms with Gasteiger partial charge in [-0.25, -0.2) is 5.43 Å². The monoisotopic (exact) mass is 131 g/mol. The average Bonchev–Trinajstić information content (AvgIpc) is 1.84. The van der Waals surface area contributed by atoms with Crippen LogP contribution in [0.4, 0.5) is 0 Å². The first-order chi connectivity index (χ1) is 4.12. The van der Waals surface area contributed by atoms with Gasteiger partial charge in [0.1, 0.15) is 0 Å². The Labute approximate surface area is 56.9 Å². The van der Waals surface area contributed by atoms with E-state index in [4.69, 9.17) is 5.84 Å². The second-order valence-electron chi connectivity index (χ2n) is 3.02. The van der Waals surface area contributed by atoms with Gasteiger partial charge in [0, 0.05) is 6.54 Å². The fraction of sp³-hybridized carbons (Fsp3) is 1.00. The second kappa shape index (κ2) is 3.82. The molecule has 0 amide bonds. The van der Waals surface area contributed by atoms with E-state index in [2.05, 4.69) is 31.7 Å². The van der Waals surface area contributed by atoms with Crippen molar-refractivity contribution < 1.29 is 0 Å². The van der Waals surface area contributed by atoms with Crippen LogP contribution >= 0.6 is 0 Å². The highest BCUT2D eigenvalue weighted by atomic mass is 15.5. The summed E-state index contributed by atoms with van der Waals surface area (Å²) in [5.41, 5.74) is 5.62. The number of rotatable bonds is 4. The molecule has 0 unspecified atom stereocenters. The quantitative estimate of drug-likeness (QED) is 0.382. The molecule has 0 heterocycles. The van der Waals surface area contributed by atoms with E-state index in [-0.39, 0.29) is 0 Å². The van der Waals surface area contributed by atoms with Crippen LogP contribution in [0, 0.1) is 5.41 Å². The summed E-state index contributed by atoms with van der Waals surface area (Å²) in [7, 11) is 0. The van der Waals surface area contributed by atoms with Crippen LogP contribution in [-0.4, -0.2) is 6.54 Å². The minimum Gasteiger partial charge on any atom is -0.258 e. The van der Waals surface area contributed by atoms with Crippen LogP contribution in [0.25, 0.3) is 0 Å². The van der Waals surface area contributed by atoms with Crippen molar-refractivity contribution in [3.8, 4) is 0 Å². The first kappa shape index (κ1) is 8.88. The minimum absolute atomic E-state index is 0.340. The molecule has 56 valence electrons. The van der Waals surface area contributed by atoms with E-state index in [1.807, 2.05) is 0 Å². The topological polar surface area (TPSA) is 50.1 Å². The van der Waals surface area contributed by atoms with E-state index in [9.17, 15) is 0 Å². The standard InChI is InChI=1S/C6H17N3/c1-4-6(2,3)5-8-9-7/h8-9H,4-5,7H2,1-3H3. The van der Waals surface area contributed by atoms with Gasteiger partial charge in [-0.15, -0.1) is 0 Å². The molecule has 0 bridgehead atoms. The molecule has 0 rings (SSSR count).